The van der Waals surface area contributed by atoms with E-state index in [0.717, 1.165) is 24.8 Å². The van der Waals surface area contributed by atoms with E-state index < -0.39 is 29.5 Å². The third-order valence-electron chi connectivity index (χ3n) is 8.46. The predicted molar refractivity (Wildman–Crippen MR) is 165 cm³/mol. The van der Waals surface area contributed by atoms with Gasteiger partial charge in [0.1, 0.15) is 23.3 Å². The van der Waals surface area contributed by atoms with Crippen LogP contribution < -0.4 is 16.0 Å². The molecule has 0 bridgehead atoms. The Labute approximate surface area is 257 Å². The third-order valence-corrected chi connectivity index (χ3v) is 8.46. The van der Waals surface area contributed by atoms with Gasteiger partial charge in [-0.2, -0.15) is 0 Å². The Hall–Kier alpha value is -2.53. The average Bonchev–Trinajstić information content (AvgIpc) is 3.72. The van der Waals surface area contributed by atoms with Crippen molar-refractivity contribution in [2.75, 3.05) is 13.2 Å². The van der Waals surface area contributed by atoms with Crippen LogP contribution in [0.15, 0.2) is 36.0 Å². The Bertz CT molecular complexity index is 1060. The number of nitrogens with one attached hydrogen (secondary N) is 3. The van der Waals surface area contributed by atoms with Crippen LogP contribution in [0, 0.1) is 12.3 Å². The van der Waals surface area contributed by atoms with Gasteiger partial charge in [-0.1, -0.05) is 50.6 Å². The van der Waals surface area contributed by atoms with Gasteiger partial charge in [-0.25, -0.2) is 0 Å². The van der Waals surface area contributed by atoms with Crippen LogP contribution in [0.2, 0.25) is 0 Å². The Kier molecular flexibility index (Phi) is 12.6. The number of allylic oxidation sites excluding steroid dienone is 3. The second kappa shape index (κ2) is 15.5. The molecule has 4 N–H and O–H groups in total. The second-order valence-electron chi connectivity index (χ2n) is 12.8. The highest BCUT2D eigenvalue weighted by atomic mass is 16.6. The monoisotopic (exact) mass is 602 g/mol. The summed E-state index contributed by atoms with van der Waals surface area (Å²) in [5.74, 6) is -0.375. The quantitative estimate of drug-likeness (QED) is 0.144. The number of aliphatic hydroxyl groups is 1. The van der Waals surface area contributed by atoms with E-state index in [-0.39, 0.29) is 48.3 Å². The van der Waals surface area contributed by atoms with Gasteiger partial charge in [0, 0.05) is 13.0 Å². The zero-order chi connectivity index (χ0) is 31.8. The number of epoxide rings is 1. The highest BCUT2D eigenvalue weighted by Gasteiger charge is 2.58. The zero-order valence-corrected chi connectivity index (χ0v) is 26.9. The molecule has 3 fully saturated rings. The normalized spacial score (nSPS) is 33.1. The standard InChI is InChI=1S/C33H52N3O7/c1-8-10-11-28(37)35-25-17-22(4)26(42-23(25)5)14-12-21(3)13-15-27-30(39)33(20-41-33)19-24(43-27)18-29(38)36-32(6,7)31(40)34-16-9-2/h8,10-13,15,22-27,30,39H,9,14,16-20H2,1-7H3,(H,34,40)(H,35,37)(H,36,38)/b11-10-,15-13+,21-12+/t22-,23+,24+,25+,26-,27+,30+,33+/m0/s1. The molecule has 3 heterocycles. The number of carbonyl (C=O) groups excluding carboxylic acids is 3. The fourth-order valence-corrected chi connectivity index (χ4v) is 5.67. The Morgan fingerprint density at radius 2 is 1.86 bits per heavy atom. The topological polar surface area (TPSA) is 139 Å². The molecule has 0 saturated carbocycles. The highest BCUT2D eigenvalue weighted by Crippen LogP contribution is 2.43. The molecule has 1 spiro atoms. The Balaban J connectivity index is 1.54. The van der Waals surface area contributed by atoms with E-state index in [1.165, 1.54) is 6.08 Å². The molecule has 241 valence electrons. The van der Waals surface area contributed by atoms with Gasteiger partial charge in [0.2, 0.25) is 17.7 Å². The first-order valence-electron chi connectivity index (χ1n) is 15.6. The Morgan fingerprint density at radius 3 is 2.51 bits per heavy atom. The molecule has 0 aliphatic carbocycles. The fraction of sp³-hybridized carbons (Fsp3) is 0.697. The first kappa shape index (κ1) is 35.0. The lowest BCUT2D eigenvalue weighted by atomic mass is 9.87. The van der Waals surface area contributed by atoms with E-state index >= 15 is 0 Å². The minimum absolute atomic E-state index is 0.0295. The van der Waals surface area contributed by atoms with Gasteiger partial charge in [0.15, 0.2) is 0 Å². The Morgan fingerprint density at radius 1 is 1.14 bits per heavy atom. The van der Waals surface area contributed by atoms with E-state index in [2.05, 4.69) is 29.0 Å². The van der Waals surface area contributed by atoms with Crippen molar-refractivity contribution in [3.63, 3.8) is 0 Å². The molecule has 1 radical (unpaired) electrons. The SMILES string of the molecule is C[CH]/C=C\C(=O)N[C@@H]1C[C@H](C)[C@H](C/C=C(C)/C=C/[C@H]2O[C@H](CC(=O)NC(C)(C)C(=O)NCCC)C[C@@]3(CO3)[C@@H]2O)O[C@@H]1C. The number of amides is 3. The molecular formula is C33H52N3O7. The molecule has 3 aliphatic rings. The number of hydrogen-bond acceptors (Lipinski definition) is 7. The van der Waals surface area contributed by atoms with Gasteiger partial charge in [0.25, 0.3) is 0 Å². The van der Waals surface area contributed by atoms with Gasteiger partial charge < -0.3 is 35.3 Å². The minimum Gasteiger partial charge on any atom is -0.387 e. The van der Waals surface area contributed by atoms with Crippen LogP contribution in [0.5, 0.6) is 0 Å². The smallest absolute Gasteiger partial charge is 0.245 e. The number of rotatable bonds is 13. The van der Waals surface area contributed by atoms with Crippen molar-refractivity contribution in [1.29, 1.82) is 0 Å². The van der Waals surface area contributed by atoms with E-state index in [4.69, 9.17) is 14.2 Å². The number of ether oxygens (including phenoxy) is 3. The molecule has 0 aromatic carbocycles. The summed E-state index contributed by atoms with van der Waals surface area (Å²) in [7, 11) is 0. The highest BCUT2D eigenvalue weighted by molar-refractivity contribution is 5.90. The van der Waals surface area contributed by atoms with Gasteiger partial charge in [-0.15, -0.1) is 0 Å². The van der Waals surface area contributed by atoms with E-state index in [1.54, 1.807) is 19.9 Å². The second-order valence-corrected chi connectivity index (χ2v) is 12.8. The summed E-state index contributed by atoms with van der Waals surface area (Å²) in [6.07, 6.45) is 11.8. The summed E-state index contributed by atoms with van der Waals surface area (Å²) in [6, 6.07) is -0.0357. The van der Waals surface area contributed by atoms with Crippen LogP contribution in [-0.2, 0) is 28.6 Å². The largest absolute Gasteiger partial charge is 0.387 e. The number of carbonyl (C=O) groups is 3. The van der Waals surface area contributed by atoms with Gasteiger partial charge in [-0.3, -0.25) is 14.4 Å². The maximum absolute atomic E-state index is 12.9. The van der Waals surface area contributed by atoms with Gasteiger partial charge >= 0.3 is 0 Å². The lowest BCUT2D eigenvalue weighted by Crippen LogP contribution is -2.56. The van der Waals surface area contributed by atoms with Crippen LogP contribution in [0.25, 0.3) is 0 Å². The summed E-state index contributed by atoms with van der Waals surface area (Å²) in [5, 5.41) is 19.6. The molecule has 10 nitrogen and oxygen atoms in total. The summed E-state index contributed by atoms with van der Waals surface area (Å²) in [6.45, 7) is 14.3. The molecule has 8 atom stereocenters. The molecular weight excluding hydrogens is 550 g/mol. The molecule has 0 aromatic heterocycles. The van der Waals surface area contributed by atoms with Crippen molar-refractivity contribution in [2.45, 2.75) is 128 Å². The van der Waals surface area contributed by atoms with Crippen molar-refractivity contribution >= 4 is 17.7 Å². The van der Waals surface area contributed by atoms with Crippen LogP contribution in [-0.4, -0.2) is 83.7 Å². The van der Waals surface area contributed by atoms with Crippen LogP contribution >= 0.6 is 0 Å². The average molecular weight is 603 g/mol. The lowest BCUT2D eigenvalue weighted by Gasteiger charge is -2.39. The van der Waals surface area contributed by atoms with Crippen molar-refractivity contribution in [2.24, 2.45) is 5.92 Å². The van der Waals surface area contributed by atoms with Crippen LogP contribution in [0.3, 0.4) is 0 Å². The van der Waals surface area contributed by atoms with Gasteiger partial charge in [-0.05, 0) is 65.4 Å². The van der Waals surface area contributed by atoms with E-state index in [1.807, 2.05) is 46.3 Å². The first-order valence-corrected chi connectivity index (χ1v) is 15.6. The molecule has 10 heteroatoms. The van der Waals surface area contributed by atoms with Crippen LogP contribution in [0.1, 0.15) is 80.6 Å². The molecule has 43 heavy (non-hydrogen) atoms. The molecule has 3 amide bonds. The van der Waals surface area contributed by atoms with Crippen molar-refractivity contribution < 1.29 is 33.7 Å². The van der Waals surface area contributed by atoms with Gasteiger partial charge in [0.05, 0.1) is 37.4 Å². The number of hydrogen-bond donors (Lipinski definition) is 4. The predicted octanol–water partition coefficient (Wildman–Crippen LogP) is 3.06. The molecule has 3 saturated heterocycles. The summed E-state index contributed by atoms with van der Waals surface area (Å²) in [4.78, 5) is 37.4. The third kappa shape index (κ3) is 9.99. The van der Waals surface area contributed by atoms with Crippen molar-refractivity contribution in [3.05, 3.63) is 42.4 Å². The molecule has 3 aliphatic heterocycles. The summed E-state index contributed by atoms with van der Waals surface area (Å²) < 4.78 is 18.1. The van der Waals surface area contributed by atoms with E-state index in [9.17, 15) is 19.5 Å². The fourth-order valence-electron chi connectivity index (χ4n) is 5.67. The number of aliphatic hydroxyl groups excluding tert-OH is 1. The lowest BCUT2D eigenvalue weighted by molar-refractivity contribution is -0.147. The zero-order valence-electron chi connectivity index (χ0n) is 26.9. The molecule has 3 rings (SSSR count). The summed E-state index contributed by atoms with van der Waals surface area (Å²) in [5.41, 5.74) is -0.755. The summed E-state index contributed by atoms with van der Waals surface area (Å²) >= 11 is 0. The first-order chi connectivity index (χ1) is 20.3. The van der Waals surface area contributed by atoms with Crippen molar-refractivity contribution in [3.8, 4) is 0 Å². The van der Waals surface area contributed by atoms with E-state index in [0.29, 0.717) is 19.6 Å². The van der Waals surface area contributed by atoms with Crippen LogP contribution in [0.4, 0.5) is 0 Å². The van der Waals surface area contributed by atoms with Crippen molar-refractivity contribution in [1.82, 2.24) is 16.0 Å². The molecule has 0 unspecified atom stereocenters. The minimum atomic E-state index is -1.05. The maximum Gasteiger partial charge on any atom is 0.245 e. The molecule has 0 aromatic rings. The maximum atomic E-state index is 12.9.